The van der Waals surface area contributed by atoms with Crippen LogP contribution in [-0.2, 0) is 4.74 Å². The van der Waals surface area contributed by atoms with Gasteiger partial charge in [0.25, 0.3) is 0 Å². The lowest BCUT2D eigenvalue weighted by Gasteiger charge is -2.35. The summed E-state index contributed by atoms with van der Waals surface area (Å²) < 4.78 is 5.70. The topological polar surface area (TPSA) is 51.4 Å². The van der Waals surface area contributed by atoms with Gasteiger partial charge in [0.15, 0.2) is 5.13 Å². The second-order valence-corrected chi connectivity index (χ2v) is 5.54. The van der Waals surface area contributed by atoms with Crippen LogP contribution in [0.4, 0.5) is 5.13 Å². The van der Waals surface area contributed by atoms with Crippen LogP contribution in [0.15, 0.2) is 6.20 Å². The van der Waals surface area contributed by atoms with E-state index in [1.54, 1.807) is 11.3 Å². The van der Waals surface area contributed by atoms with Gasteiger partial charge in [-0.05, 0) is 20.8 Å². The van der Waals surface area contributed by atoms with Crippen LogP contribution in [0, 0.1) is 0 Å². The highest BCUT2D eigenvalue weighted by Gasteiger charge is 2.24. The van der Waals surface area contributed by atoms with E-state index in [2.05, 4.69) is 23.7 Å². The summed E-state index contributed by atoms with van der Waals surface area (Å²) in [5, 5.41) is 1.06. The maximum atomic E-state index is 5.84. The van der Waals surface area contributed by atoms with Gasteiger partial charge in [-0.15, -0.1) is 11.3 Å². The Kier molecular flexibility index (Phi) is 3.47. The van der Waals surface area contributed by atoms with Crippen LogP contribution in [0.3, 0.4) is 0 Å². The van der Waals surface area contributed by atoms with Crippen molar-refractivity contribution in [1.82, 2.24) is 4.98 Å². The van der Waals surface area contributed by atoms with E-state index in [9.17, 15) is 0 Å². The third kappa shape index (κ3) is 2.53. The fourth-order valence-corrected chi connectivity index (χ4v) is 2.85. The van der Waals surface area contributed by atoms with Crippen molar-refractivity contribution in [2.45, 2.75) is 39.0 Å². The van der Waals surface area contributed by atoms with E-state index < -0.39 is 0 Å². The summed E-state index contributed by atoms with van der Waals surface area (Å²) in [6, 6.07) is 0.0714. The predicted molar refractivity (Wildman–Crippen MR) is 66.9 cm³/mol. The second-order valence-electron chi connectivity index (χ2n) is 4.50. The first-order chi connectivity index (χ1) is 7.56. The van der Waals surface area contributed by atoms with Crippen LogP contribution >= 0.6 is 11.3 Å². The largest absolute Gasteiger partial charge is 0.372 e. The molecular formula is C11H19N3OS. The Morgan fingerprint density at radius 2 is 2.12 bits per heavy atom. The minimum absolute atomic E-state index is 0.0714. The molecule has 5 heteroatoms. The Morgan fingerprint density at radius 1 is 1.50 bits per heavy atom. The molecule has 1 aliphatic rings. The Hall–Kier alpha value is -0.650. The first-order valence-corrected chi connectivity index (χ1v) is 6.49. The van der Waals surface area contributed by atoms with Gasteiger partial charge in [0.1, 0.15) is 0 Å². The number of nitrogens with two attached hydrogens (primary N) is 1. The summed E-state index contributed by atoms with van der Waals surface area (Å²) in [4.78, 5) is 7.87. The molecule has 2 rings (SSSR count). The highest BCUT2D eigenvalue weighted by Crippen LogP contribution is 2.28. The number of nitrogens with zero attached hydrogens (tertiary/aromatic N) is 2. The smallest absolute Gasteiger partial charge is 0.185 e. The van der Waals surface area contributed by atoms with E-state index in [0.717, 1.165) is 23.1 Å². The highest BCUT2D eigenvalue weighted by molar-refractivity contribution is 7.15. The van der Waals surface area contributed by atoms with Gasteiger partial charge >= 0.3 is 0 Å². The molecule has 1 fully saturated rings. The lowest BCUT2D eigenvalue weighted by atomic mass is 10.2. The molecule has 1 aromatic rings. The second kappa shape index (κ2) is 4.69. The van der Waals surface area contributed by atoms with Gasteiger partial charge in [-0.3, -0.25) is 0 Å². The van der Waals surface area contributed by atoms with E-state index in [4.69, 9.17) is 10.5 Å². The summed E-state index contributed by atoms with van der Waals surface area (Å²) in [6.07, 6.45) is 2.42. The molecule has 1 saturated heterocycles. The van der Waals surface area contributed by atoms with Crippen molar-refractivity contribution in [2.24, 2.45) is 5.73 Å². The van der Waals surface area contributed by atoms with Crippen molar-refractivity contribution in [2.75, 3.05) is 18.0 Å². The number of morpholine rings is 1. The fraction of sp³-hybridized carbons (Fsp3) is 0.727. The minimum Gasteiger partial charge on any atom is -0.372 e. The molecular weight excluding hydrogens is 222 g/mol. The van der Waals surface area contributed by atoms with Crippen molar-refractivity contribution in [3.63, 3.8) is 0 Å². The number of hydrogen-bond acceptors (Lipinski definition) is 5. The van der Waals surface area contributed by atoms with Crippen LogP contribution in [0.25, 0.3) is 0 Å². The Bertz CT molecular complexity index is 343. The molecule has 0 spiro atoms. The van der Waals surface area contributed by atoms with Crippen molar-refractivity contribution in [3.8, 4) is 0 Å². The summed E-state index contributed by atoms with van der Waals surface area (Å²) in [7, 11) is 0. The normalized spacial score (nSPS) is 28.1. The van der Waals surface area contributed by atoms with Crippen LogP contribution in [0.1, 0.15) is 31.7 Å². The molecule has 4 nitrogen and oxygen atoms in total. The first kappa shape index (κ1) is 11.8. The zero-order valence-corrected chi connectivity index (χ0v) is 10.8. The molecule has 0 amide bonds. The average Bonchev–Trinajstić information content (AvgIpc) is 2.64. The molecule has 2 N–H and O–H groups in total. The van der Waals surface area contributed by atoms with Crippen LogP contribution < -0.4 is 10.6 Å². The van der Waals surface area contributed by atoms with E-state index in [1.807, 2.05) is 13.1 Å². The lowest BCUT2D eigenvalue weighted by molar-refractivity contribution is -0.00522. The van der Waals surface area contributed by atoms with Gasteiger partial charge in [0.05, 0.1) is 12.2 Å². The molecule has 1 aliphatic heterocycles. The van der Waals surface area contributed by atoms with Gasteiger partial charge in [0, 0.05) is 30.2 Å². The van der Waals surface area contributed by atoms with Crippen LogP contribution in [0.5, 0.6) is 0 Å². The van der Waals surface area contributed by atoms with Crippen molar-refractivity contribution >= 4 is 16.5 Å². The highest BCUT2D eigenvalue weighted by atomic mass is 32.1. The molecule has 16 heavy (non-hydrogen) atoms. The molecule has 1 unspecified atom stereocenters. The van der Waals surface area contributed by atoms with Crippen molar-refractivity contribution in [1.29, 1.82) is 0 Å². The van der Waals surface area contributed by atoms with Gasteiger partial charge in [-0.1, -0.05) is 0 Å². The van der Waals surface area contributed by atoms with E-state index in [0.29, 0.717) is 0 Å². The molecule has 0 bridgehead atoms. The number of ether oxygens (including phenoxy) is 1. The number of anilines is 1. The first-order valence-electron chi connectivity index (χ1n) is 5.68. The number of rotatable bonds is 2. The Morgan fingerprint density at radius 3 is 2.62 bits per heavy atom. The van der Waals surface area contributed by atoms with Crippen LogP contribution in [0.2, 0.25) is 0 Å². The number of hydrogen-bond donors (Lipinski definition) is 1. The van der Waals surface area contributed by atoms with E-state index >= 15 is 0 Å². The standard InChI is InChI=1S/C11H19N3OS/c1-7-5-14(6-8(2)15-7)11-13-4-10(16-11)9(3)12/h4,7-9H,5-6,12H2,1-3H3/t7-,8+,9?. The van der Waals surface area contributed by atoms with Crippen molar-refractivity contribution in [3.05, 3.63) is 11.1 Å². The summed E-state index contributed by atoms with van der Waals surface area (Å²) >= 11 is 1.69. The third-order valence-electron chi connectivity index (χ3n) is 2.65. The molecule has 0 saturated carbocycles. The van der Waals surface area contributed by atoms with Crippen LogP contribution in [-0.4, -0.2) is 30.3 Å². The maximum Gasteiger partial charge on any atom is 0.185 e. The fourth-order valence-electron chi connectivity index (χ4n) is 1.97. The van der Waals surface area contributed by atoms with Crippen molar-refractivity contribution < 1.29 is 4.74 Å². The lowest BCUT2D eigenvalue weighted by Crippen LogP contribution is -2.45. The average molecular weight is 241 g/mol. The molecule has 1 aromatic heterocycles. The van der Waals surface area contributed by atoms with Gasteiger partial charge < -0.3 is 15.4 Å². The predicted octanol–water partition coefficient (Wildman–Crippen LogP) is 1.78. The number of aromatic nitrogens is 1. The summed E-state index contributed by atoms with van der Waals surface area (Å²) in [5.74, 6) is 0. The van der Waals surface area contributed by atoms with E-state index in [-0.39, 0.29) is 18.2 Å². The molecule has 90 valence electrons. The third-order valence-corrected chi connectivity index (χ3v) is 3.91. The molecule has 0 aliphatic carbocycles. The summed E-state index contributed by atoms with van der Waals surface area (Å²) in [6.45, 7) is 8.01. The molecule has 3 atom stereocenters. The zero-order valence-electron chi connectivity index (χ0n) is 10.0. The van der Waals surface area contributed by atoms with E-state index in [1.165, 1.54) is 0 Å². The maximum absolute atomic E-state index is 5.84. The Balaban J connectivity index is 2.10. The summed E-state index contributed by atoms with van der Waals surface area (Å²) in [5.41, 5.74) is 5.84. The SMILES string of the molecule is CC(N)c1cnc(N2C[C@@H](C)O[C@@H](C)C2)s1. The molecule has 0 radical (unpaired) electrons. The monoisotopic (exact) mass is 241 g/mol. The molecule has 2 heterocycles. The molecule has 0 aromatic carbocycles. The minimum atomic E-state index is 0.0714. The quantitative estimate of drug-likeness (QED) is 0.857. The number of thiazole rings is 1. The van der Waals surface area contributed by atoms with Gasteiger partial charge in [0.2, 0.25) is 0 Å². The van der Waals surface area contributed by atoms with Gasteiger partial charge in [-0.25, -0.2) is 4.98 Å². The van der Waals surface area contributed by atoms with Gasteiger partial charge in [-0.2, -0.15) is 0 Å². The zero-order chi connectivity index (χ0) is 11.7. The Labute approximate surface area is 100 Å².